The van der Waals surface area contributed by atoms with Gasteiger partial charge in [-0.05, 0) is 56.1 Å². The maximum absolute atomic E-state index is 14.4. The summed E-state index contributed by atoms with van der Waals surface area (Å²) in [4.78, 5) is 13.8. The molecule has 0 amide bonds. The number of anilines is 1. The maximum Gasteiger partial charge on any atom is 0.269 e. The molecule has 25 heavy (non-hydrogen) atoms. The number of fused-ring (bicyclic) bond motifs is 1. The molecule has 6 nitrogen and oxygen atoms in total. The van der Waals surface area contributed by atoms with Gasteiger partial charge in [-0.15, -0.1) is 0 Å². The first-order chi connectivity index (χ1) is 12.1. The van der Waals surface area contributed by atoms with Crippen LogP contribution in [0, 0.1) is 12.7 Å². The van der Waals surface area contributed by atoms with Crippen LogP contribution in [0.15, 0.2) is 23.1 Å². The fraction of sp³-hybridized carbons (Fsp3) is 0.444. The number of halogens is 1. The quantitative estimate of drug-likeness (QED) is 0.890. The van der Waals surface area contributed by atoms with Gasteiger partial charge in [0.1, 0.15) is 6.10 Å². The van der Waals surface area contributed by atoms with Crippen LogP contribution in [-0.4, -0.2) is 29.4 Å². The van der Waals surface area contributed by atoms with Gasteiger partial charge in [0.25, 0.3) is 5.56 Å². The molecule has 2 N–H and O–H groups in total. The number of aromatic nitrogens is 2. The highest BCUT2D eigenvalue weighted by atomic mass is 19.1. The topological polar surface area (TPSA) is 70.2 Å². The minimum atomic E-state index is -0.320. The number of H-pyrrole nitrogens is 1. The summed E-state index contributed by atoms with van der Waals surface area (Å²) >= 11 is 0. The number of aromatic amines is 1. The Morgan fingerprint density at radius 2 is 1.96 bits per heavy atom. The maximum atomic E-state index is 14.4. The molecule has 0 aliphatic carbocycles. The van der Waals surface area contributed by atoms with Gasteiger partial charge in [-0.3, -0.25) is 4.79 Å². The predicted molar refractivity (Wildman–Crippen MR) is 92.4 cm³/mol. The molecule has 2 aliphatic rings. The van der Waals surface area contributed by atoms with Crippen LogP contribution in [0.2, 0.25) is 0 Å². The van der Waals surface area contributed by atoms with Crippen molar-refractivity contribution in [3.05, 3.63) is 51.2 Å². The first-order valence-electron chi connectivity index (χ1n) is 8.59. The smallest absolute Gasteiger partial charge is 0.269 e. The summed E-state index contributed by atoms with van der Waals surface area (Å²) in [5.74, 6) is 0.00754. The van der Waals surface area contributed by atoms with E-state index in [1.54, 1.807) is 19.2 Å². The highest BCUT2D eigenvalue weighted by molar-refractivity contribution is 5.55. The van der Waals surface area contributed by atoms with Gasteiger partial charge in [-0.25, -0.2) is 9.49 Å². The number of rotatable bonds is 3. The lowest BCUT2D eigenvalue weighted by molar-refractivity contribution is 0.156. The lowest BCUT2D eigenvalue weighted by Gasteiger charge is -2.24. The predicted octanol–water partition coefficient (Wildman–Crippen LogP) is 1.87. The number of hydrogen-bond donors (Lipinski definition) is 2. The number of nitrogens with zero attached hydrogens (tertiary/aromatic N) is 2. The molecule has 1 fully saturated rings. The largest absolute Gasteiger partial charge is 0.487 e. The van der Waals surface area contributed by atoms with Crippen LogP contribution in [0.25, 0.3) is 0 Å². The fourth-order valence-electron chi connectivity index (χ4n) is 3.52. The Balaban J connectivity index is 1.57. The SMILES string of the molecule is Cc1c(N2Cc3cc(F)c(OC4CCNCC4)cc3C2)cn[nH]c1=O. The molecule has 132 valence electrons. The zero-order valence-corrected chi connectivity index (χ0v) is 14.1. The molecular formula is C18H21FN4O2. The second-order valence-corrected chi connectivity index (χ2v) is 6.68. The van der Waals surface area contributed by atoms with E-state index >= 15 is 0 Å². The average Bonchev–Trinajstić information content (AvgIpc) is 3.01. The molecule has 1 saturated heterocycles. The molecule has 1 aromatic heterocycles. The minimum Gasteiger partial charge on any atom is -0.487 e. The van der Waals surface area contributed by atoms with Crippen molar-refractivity contribution < 1.29 is 9.13 Å². The van der Waals surface area contributed by atoms with Gasteiger partial charge in [0.2, 0.25) is 0 Å². The van der Waals surface area contributed by atoms with Crippen molar-refractivity contribution in [2.24, 2.45) is 0 Å². The molecule has 0 atom stereocenters. The van der Waals surface area contributed by atoms with Gasteiger partial charge < -0.3 is 15.0 Å². The van der Waals surface area contributed by atoms with Crippen LogP contribution in [0.4, 0.5) is 10.1 Å². The summed E-state index contributed by atoms with van der Waals surface area (Å²) in [6, 6.07) is 3.37. The fourth-order valence-corrected chi connectivity index (χ4v) is 3.52. The van der Waals surface area contributed by atoms with Crippen molar-refractivity contribution in [2.45, 2.75) is 39.0 Å². The number of piperidine rings is 1. The van der Waals surface area contributed by atoms with Crippen molar-refractivity contribution in [3.8, 4) is 5.75 Å². The first-order valence-corrected chi connectivity index (χ1v) is 8.59. The Kier molecular flexibility index (Phi) is 4.17. The lowest BCUT2D eigenvalue weighted by Crippen LogP contribution is -2.34. The number of nitrogens with one attached hydrogen (secondary N) is 2. The summed E-state index contributed by atoms with van der Waals surface area (Å²) in [5.41, 5.74) is 3.16. The number of benzene rings is 1. The molecule has 0 bridgehead atoms. The Labute approximate surface area is 145 Å². The third-order valence-electron chi connectivity index (χ3n) is 4.97. The molecule has 0 spiro atoms. The van der Waals surface area contributed by atoms with Gasteiger partial charge in [-0.2, -0.15) is 5.10 Å². The molecule has 0 radical (unpaired) electrons. The molecule has 0 unspecified atom stereocenters. The monoisotopic (exact) mass is 344 g/mol. The van der Waals surface area contributed by atoms with Crippen molar-refractivity contribution in [1.29, 1.82) is 0 Å². The summed E-state index contributed by atoms with van der Waals surface area (Å²) in [7, 11) is 0. The number of hydrogen-bond acceptors (Lipinski definition) is 5. The zero-order valence-electron chi connectivity index (χ0n) is 14.1. The normalized spacial score (nSPS) is 17.6. The highest BCUT2D eigenvalue weighted by Crippen LogP contribution is 2.33. The summed E-state index contributed by atoms with van der Waals surface area (Å²) < 4.78 is 20.3. The van der Waals surface area contributed by atoms with E-state index in [0.717, 1.165) is 42.7 Å². The van der Waals surface area contributed by atoms with Crippen LogP contribution < -0.4 is 20.5 Å². The molecule has 2 aliphatic heterocycles. The Bertz CT molecular complexity index is 845. The van der Waals surface area contributed by atoms with Crippen molar-refractivity contribution >= 4 is 5.69 Å². The van der Waals surface area contributed by atoms with Gasteiger partial charge in [0, 0.05) is 18.7 Å². The van der Waals surface area contributed by atoms with E-state index in [9.17, 15) is 9.18 Å². The van der Waals surface area contributed by atoms with E-state index in [1.165, 1.54) is 0 Å². The van der Waals surface area contributed by atoms with Crippen LogP contribution in [-0.2, 0) is 13.1 Å². The van der Waals surface area contributed by atoms with Crippen LogP contribution in [0.3, 0.4) is 0 Å². The second kappa shape index (κ2) is 6.48. The molecule has 2 aromatic rings. The summed E-state index contributed by atoms with van der Waals surface area (Å²) in [5, 5.41) is 9.59. The lowest BCUT2D eigenvalue weighted by atomic mass is 10.1. The standard InChI is InChI=1S/C18H21FN4O2/c1-11-16(8-21-22-18(11)24)23-9-12-6-15(19)17(7-13(12)10-23)25-14-2-4-20-5-3-14/h6-8,14,20H,2-5,9-10H2,1H3,(H,22,24). The van der Waals surface area contributed by atoms with E-state index in [1.807, 2.05) is 11.0 Å². The zero-order chi connectivity index (χ0) is 17.4. The van der Waals surface area contributed by atoms with E-state index in [2.05, 4.69) is 15.5 Å². The molecular weight excluding hydrogens is 323 g/mol. The molecule has 3 heterocycles. The second-order valence-electron chi connectivity index (χ2n) is 6.68. The summed E-state index contributed by atoms with van der Waals surface area (Å²) in [6.07, 6.45) is 3.48. The molecule has 7 heteroatoms. The van der Waals surface area contributed by atoms with Gasteiger partial charge >= 0.3 is 0 Å². The minimum absolute atomic E-state index is 0.0606. The van der Waals surface area contributed by atoms with E-state index in [-0.39, 0.29) is 17.5 Å². The Morgan fingerprint density at radius 1 is 1.24 bits per heavy atom. The van der Waals surface area contributed by atoms with Crippen LogP contribution >= 0.6 is 0 Å². The first kappa shape index (κ1) is 16.1. The molecule has 4 rings (SSSR count). The Hall–Kier alpha value is -2.41. The van der Waals surface area contributed by atoms with Crippen LogP contribution in [0.5, 0.6) is 5.75 Å². The Morgan fingerprint density at radius 3 is 2.72 bits per heavy atom. The average molecular weight is 344 g/mol. The van der Waals surface area contributed by atoms with Gasteiger partial charge in [0.05, 0.1) is 11.9 Å². The van der Waals surface area contributed by atoms with Gasteiger partial charge in [-0.1, -0.05) is 0 Å². The highest BCUT2D eigenvalue weighted by Gasteiger charge is 2.25. The third kappa shape index (κ3) is 3.11. The molecule has 1 aromatic carbocycles. The van der Waals surface area contributed by atoms with Crippen molar-refractivity contribution in [3.63, 3.8) is 0 Å². The van der Waals surface area contributed by atoms with E-state index < -0.39 is 0 Å². The summed E-state index contributed by atoms with van der Waals surface area (Å²) in [6.45, 7) is 4.75. The number of ether oxygens (including phenoxy) is 1. The van der Waals surface area contributed by atoms with Crippen molar-refractivity contribution in [2.75, 3.05) is 18.0 Å². The molecule has 0 saturated carbocycles. The van der Waals surface area contributed by atoms with Crippen LogP contribution in [0.1, 0.15) is 29.5 Å². The van der Waals surface area contributed by atoms with Crippen molar-refractivity contribution in [1.82, 2.24) is 15.5 Å². The van der Waals surface area contributed by atoms with E-state index in [4.69, 9.17) is 4.74 Å². The third-order valence-corrected chi connectivity index (χ3v) is 4.97. The van der Waals surface area contributed by atoms with E-state index in [0.29, 0.717) is 24.4 Å². The van der Waals surface area contributed by atoms with Gasteiger partial charge in [0.15, 0.2) is 11.6 Å².